The van der Waals surface area contributed by atoms with Gasteiger partial charge < -0.3 is 4.42 Å². The number of nitrogens with zero attached hydrogens (tertiary/aromatic N) is 4. The molecule has 0 bridgehead atoms. The molecule has 132 valence electrons. The predicted octanol–water partition coefficient (Wildman–Crippen LogP) is 3.29. The number of nitrogens with one attached hydrogen (secondary N) is 1. The summed E-state index contributed by atoms with van der Waals surface area (Å²) in [5.41, 5.74) is 5.23. The topological polar surface area (TPSA) is 85.3 Å². The molecule has 0 aliphatic carbocycles. The molecule has 0 saturated carbocycles. The smallest absolute Gasteiger partial charge is 0.271 e. The molecule has 0 radical (unpaired) electrons. The van der Waals surface area contributed by atoms with Crippen molar-refractivity contribution in [1.29, 1.82) is 0 Å². The van der Waals surface area contributed by atoms with Crippen LogP contribution in [-0.2, 0) is 0 Å². The van der Waals surface area contributed by atoms with Crippen LogP contribution in [0, 0.1) is 0 Å². The van der Waals surface area contributed by atoms with E-state index >= 15 is 0 Å². The summed E-state index contributed by atoms with van der Waals surface area (Å²) >= 11 is 0. The largest absolute Gasteiger partial charge is 0.463 e. The van der Waals surface area contributed by atoms with E-state index in [1.54, 1.807) is 47.8 Å². The lowest BCUT2D eigenvalue weighted by Crippen LogP contribution is -2.17. The van der Waals surface area contributed by atoms with Crippen LogP contribution in [0.25, 0.3) is 17.1 Å². The molecule has 7 nitrogen and oxygen atoms in total. The van der Waals surface area contributed by atoms with Crippen LogP contribution < -0.4 is 5.43 Å². The number of hydrogen-bond acceptors (Lipinski definition) is 5. The number of rotatable bonds is 5. The van der Waals surface area contributed by atoms with Crippen molar-refractivity contribution in [3.8, 4) is 17.1 Å². The summed E-state index contributed by atoms with van der Waals surface area (Å²) in [6.07, 6.45) is 8.07. The van der Waals surface area contributed by atoms with E-state index in [4.69, 9.17) is 4.42 Å². The summed E-state index contributed by atoms with van der Waals surface area (Å²) in [7, 11) is 0. The lowest BCUT2D eigenvalue weighted by Gasteiger charge is -1.98. The second-order valence-electron chi connectivity index (χ2n) is 5.63. The average Bonchev–Trinajstić information content (AvgIpc) is 3.39. The standard InChI is InChI=1S/C20H15N5O2/c26-20(15-8-10-21-11-9-15)23-22-13-16-14-25(17-5-2-1-3-6-17)24-19(16)18-7-4-12-27-18/h1-14H,(H,23,26)/b22-13-. The average molecular weight is 357 g/mol. The minimum Gasteiger partial charge on any atom is -0.463 e. The van der Waals surface area contributed by atoms with Gasteiger partial charge in [-0.25, -0.2) is 10.1 Å². The quantitative estimate of drug-likeness (QED) is 0.439. The highest BCUT2D eigenvalue weighted by atomic mass is 16.3. The molecule has 1 amide bonds. The Morgan fingerprint density at radius 3 is 2.63 bits per heavy atom. The van der Waals surface area contributed by atoms with Crippen molar-refractivity contribution in [2.45, 2.75) is 0 Å². The first-order chi connectivity index (χ1) is 13.3. The van der Waals surface area contributed by atoms with Crippen LogP contribution in [0.15, 0.2) is 89.0 Å². The van der Waals surface area contributed by atoms with Crippen molar-refractivity contribution >= 4 is 12.1 Å². The van der Waals surface area contributed by atoms with Gasteiger partial charge in [-0.1, -0.05) is 18.2 Å². The second kappa shape index (κ2) is 7.49. The molecule has 0 aliphatic heterocycles. The third-order valence-corrected chi connectivity index (χ3v) is 3.83. The van der Waals surface area contributed by atoms with Crippen molar-refractivity contribution in [3.63, 3.8) is 0 Å². The van der Waals surface area contributed by atoms with Gasteiger partial charge in [0.1, 0.15) is 5.69 Å². The Bertz CT molecular complexity index is 1050. The molecular formula is C20H15N5O2. The molecule has 27 heavy (non-hydrogen) atoms. The Labute approximate surface area is 155 Å². The fourth-order valence-electron chi connectivity index (χ4n) is 2.53. The number of furan rings is 1. The highest BCUT2D eigenvalue weighted by molar-refractivity contribution is 5.95. The molecule has 4 aromatic rings. The van der Waals surface area contributed by atoms with Crippen molar-refractivity contribution < 1.29 is 9.21 Å². The number of hydrogen-bond donors (Lipinski definition) is 1. The van der Waals surface area contributed by atoms with Crippen LogP contribution in [-0.4, -0.2) is 26.9 Å². The van der Waals surface area contributed by atoms with Crippen molar-refractivity contribution in [2.24, 2.45) is 5.10 Å². The zero-order valence-corrected chi connectivity index (χ0v) is 14.2. The first kappa shape index (κ1) is 16.5. The van der Waals surface area contributed by atoms with Crippen molar-refractivity contribution in [2.75, 3.05) is 0 Å². The van der Waals surface area contributed by atoms with Crippen LogP contribution in [0.5, 0.6) is 0 Å². The fraction of sp³-hybridized carbons (Fsp3) is 0. The van der Waals surface area contributed by atoms with E-state index in [0.717, 1.165) is 5.69 Å². The summed E-state index contributed by atoms with van der Waals surface area (Å²) in [5.74, 6) is 0.301. The molecule has 0 fully saturated rings. The normalized spacial score (nSPS) is 11.0. The van der Waals surface area contributed by atoms with Crippen molar-refractivity contribution in [1.82, 2.24) is 20.2 Å². The van der Waals surface area contributed by atoms with Crippen LogP contribution in [0.1, 0.15) is 15.9 Å². The van der Waals surface area contributed by atoms with Gasteiger partial charge in [0, 0.05) is 29.7 Å². The Morgan fingerprint density at radius 2 is 1.89 bits per heavy atom. The minimum absolute atomic E-state index is 0.316. The summed E-state index contributed by atoms with van der Waals surface area (Å²) in [6.45, 7) is 0. The fourth-order valence-corrected chi connectivity index (χ4v) is 2.53. The van der Waals surface area contributed by atoms with Crippen molar-refractivity contribution in [3.05, 3.63) is 90.6 Å². The van der Waals surface area contributed by atoms with Gasteiger partial charge in [-0.15, -0.1) is 0 Å². The number of para-hydroxylation sites is 1. The molecule has 1 aromatic carbocycles. The number of carbonyl (C=O) groups is 1. The lowest BCUT2D eigenvalue weighted by atomic mass is 10.2. The number of pyridine rings is 1. The number of amides is 1. The van der Waals surface area contributed by atoms with E-state index < -0.39 is 0 Å². The Morgan fingerprint density at radius 1 is 1.07 bits per heavy atom. The highest BCUT2D eigenvalue weighted by Gasteiger charge is 2.13. The molecule has 0 aliphatic rings. The van der Waals surface area contributed by atoms with E-state index in [9.17, 15) is 4.79 Å². The molecular weight excluding hydrogens is 342 g/mol. The maximum absolute atomic E-state index is 12.1. The van der Waals surface area contributed by atoms with Gasteiger partial charge in [-0.05, 0) is 36.4 Å². The SMILES string of the molecule is O=C(N/N=C\c1cn(-c2ccccc2)nc1-c1ccco1)c1ccncc1. The molecule has 0 saturated heterocycles. The monoisotopic (exact) mass is 357 g/mol. The van der Waals surface area contributed by atoms with Crippen LogP contribution in [0.3, 0.4) is 0 Å². The Hall–Kier alpha value is -4.00. The third-order valence-electron chi connectivity index (χ3n) is 3.83. The van der Waals surface area contributed by atoms with Gasteiger partial charge in [0.25, 0.3) is 5.91 Å². The molecule has 0 atom stereocenters. The molecule has 3 heterocycles. The van der Waals surface area contributed by atoms with Gasteiger partial charge in [0.15, 0.2) is 5.76 Å². The van der Waals surface area contributed by atoms with Crippen LogP contribution >= 0.6 is 0 Å². The summed E-state index contributed by atoms with van der Waals surface area (Å²) in [6, 6.07) is 16.6. The zero-order chi connectivity index (χ0) is 18.5. The molecule has 1 N–H and O–H groups in total. The van der Waals surface area contributed by atoms with E-state index in [0.29, 0.717) is 22.6 Å². The predicted molar refractivity (Wildman–Crippen MR) is 101 cm³/mol. The maximum atomic E-state index is 12.1. The Kier molecular flexibility index (Phi) is 4.57. The Balaban J connectivity index is 1.61. The number of hydrazone groups is 1. The molecule has 4 rings (SSSR count). The van der Waals surface area contributed by atoms with E-state index in [1.165, 1.54) is 0 Å². The van der Waals surface area contributed by atoms with Gasteiger partial charge in [-0.3, -0.25) is 9.78 Å². The maximum Gasteiger partial charge on any atom is 0.271 e. The van der Waals surface area contributed by atoms with Crippen LogP contribution in [0.4, 0.5) is 0 Å². The second-order valence-corrected chi connectivity index (χ2v) is 5.63. The number of benzene rings is 1. The highest BCUT2D eigenvalue weighted by Crippen LogP contribution is 2.23. The molecule has 7 heteroatoms. The van der Waals surface area contributed by atoms with Gasteiger partial charge in [-0.2, -0.15) is 10.2 Å². The number of aromatic nitrogens is 3. The number of carbonyl (C=O) groups excluding carboxylic acids is 1. The van der Waals surface area contributed by atoms with Gasteiger partial charge in [0.05, 0.1) is 18.2 Å². The van der Waals surface area contributed by atoms with Gasteiger partial charge in [0.2, 0.25) is 0 Å². The molecule has 3 aromatic heterocycles. The van der Waals surface area contributed by atoms with Gasteiger partial charge >= 0.3 is 0 Å². The third kappa shape index (κ3) is 3.67. The molecule has 0 unspecified atom stereocenters. The molecule has 0 spiro atoms. The zero-order valence-electron chi connectivity index (χ0n) is 14.2. The van der Waals surface area contributed by atoms with E-state index in [-0.39, 0.29) is 5.91 Å². The van der Waals surface area contributed by atoms with E-state index in [1.807, 2.05) is 42.6 Å². The lowest BCUT2D eigenvalue weighted by molar-refractivity contribution is 0.0955. The summed E-state index contributed by atoms with van der Waals surface area (Å²) < 4.78 is 7.21. The minimum atomic E-state index is -0.316. The summed E-state index contributed by atoms with van der Waals surface area (Å²) in [5, 5.41) is 8.65. The van der Waals surface area contributed by atoms with E-state index in [2.05, 4.69) is 20.6 Å². The first-order valence-electron chi connectivity index (χ1n) is 8.23. The van der Waals surface area contributed by atoms with Crippen LogP contribution in [0.2, 0.25) is 0 Å². The summed E-state index contributed by atoms with van der Waals surface area (Å²) in [4.78, 5) is 16.0. The first-order valence-corrected chi connectivity index (χ1v) is 8.23.